The molecule has 0 unspecified atom stereocenters. The molecule has 0 fully saturated rings. The van der Waals surface area contributed by atoms with Crippen molar-refractivity contribution in [2.75, 3.05) is 6.61 Å². The van der Waals surface area contributed by atoms with E-state index in [1.807, 2.05) is 24.3 Å². The van der Waals surface area contributed by atoms with Gasteiger partial charge in [0.05, 0.1) is 13.0 Å². The van der Waals surface area contributed by atoms with E-state index < -0.39 is 5.97 Å². The molecule has 0 amide bonds. The fourth-order valence-electron chi connectivity index (χ4n) is 2.18. The highest BCUT2D eigenvalue weighted by Crippen LogP contribution is 2.13. The molecule has 6 nitrogen and oxygen atoms in total. The third-order valence-electron chi connectivity index (χ3n) is 3.21. The van der Waals surface area contributed by atoms with Crippen LogP contribution in [0.25, 0.3) is 10.9 Å². The molecular weight excluding hydrogens is 284 g/mol. The summed E-state index contributed by atoms with van der Waals surface area (Å²) in [5.41, 5.74) is 1.20. The molecule has 0 aliphatic heterocycles. The zero-order valence-corrected chi connectivity index (χ0v) is 12.0. The van der Waals surface area contributed by atoms with Crippen LogP contribution in [-0.4, -0.2) is 22.5 Å². The van der Waals surface area contributed by atoms with Gasteiger partial charge in [-0.25, -0.2) is 9.78 Å². The second-order valence-corrected chi connectivity index (χ2v) is 4.73. The Labute approximate surface area is 125 Å². The number of ether oxygens (including phenoxy) is 1. The third kappa shape index (κ3) is 2.76. The van der Waals surface area contributed by atoms with Gasteiger partial charge in [-0.15, -0.1) is 0 Å². The molecule has 0 saturated heterocycles. The minimum atomic E-state index is -0.537. The summed E-state index contributed by atoms with van der Waals surface area (Å²) in [6.07, 6.45) is 1.45. The molecular formula is C16H14N2O4. The lowest BCUT2D eigenvalue weighted by Crippen LogP contribution is -2.13. The number of H-pyrrole nitrogens is 1. The van der Waals surface area contributed by atoms with Gasteiger partial charge in [-0.3, -0.25) is 4.79 Å². The van der Waals surface area contributed by atoms with Crippen LogP contribution in [0.4, 0.5) is 0 Å². The maximum Gasteiger partial charge on any atom is 0.360 e. The Morgan fingerprint density at radius 1 is 1.36 bits per heavy atom. The van der Waals surface area contributed by atoms with Crippen molar-refractivity contribution in [1.82, 2.24) is 9.97 Å². The predicted octanol–water partition coefficient (Wildman–Crippen LogP) is 2.28. The van der Waals surface area contributed by atoms with Gasteiger partial charge in [-0.2, -0.15) is 0 Å². The first kappa shape index (κ1) is 14.1. The van der Waals surface area contributed by atoms with Crippen LogP contribution in [0.3, 0.4) is 0 Å². The molecule has 0 saturated carbocycles. The van der Waals surface area contributed by atoms with Gasteiger partial charge in [0, 0.05) is 11.1 Å². The molecule has 0 aliphatic carbocycles. The first-order valence-electron chi connectivity index (χ1n) is 6.90. The molecule has 0 radical (unpaired) electrons. The van der Waals surface area contributed by atoms with Gasteiger partial charge in [0.15, 0.2) is 11.6 Å². The normalized spacial score (nSPS) is 10.8. The van der Waals surface area contributed by atoms with Gasteiger partial charge in [0.2, 0.25) is 0 Å². The van der Waals surface area contributed by atoms with Gasteiger partial charge in [0.25, 0.3) is 5.56 Å². The molecule has 112 valence electrons. The summed E-state index contributed by atoms with van der Waals surface area (Å²) in [7, 11) is 0. The van der Waals surface area contributed by atoms with Crippen molar-refractivity contribution in [3.63, 3.8) is 0 Å². The number of rotatable bonds is 4. The van der Waals surface area contributed by atoms with E-state index in [1.54, 1.807) is 13.0 Å². The summed E-state index contributed by atoms with van der Waals surface area (Å²) in [5, 5.41) is 0.925. The largest absolute Gasteiger partial charge is 0.461 e. The van der Waals surface area contributed by atoms with Crippen molar-refractivity contribution < 1.29 is 13.9 Å². The number of nitrogens with zero attached hydrogens (tertiary/aromatic N) is 1. The van der Waals surface area contributed by atoms with E-state index in [0.29, 0.717) is 11.5 Å². The molecule has 3 rings (SSSR count). The summed E-state index contributed by atoms with van der Waals surface area (Å²) in [6.45, 7) is 1.99. The number of hydrogen-bond acceptors (Lipinski definition) is 5. The summed E-state index contributed by atoms with van der Waals surface area (Å²) in [6, 6.07) is 9.30. The minimum Gasteiger partial charge on any atom is -0.461 e. The zero-order valence-electron chi connectivity index (χ0n) is 12.0. The molecule has 0 aliphatic rings. The molecule has 1 aromatic carbocycles. The van der Waals surface area contributed by atoms with Gasteiger partial charge in [0.1, 0.15) is 6.26 Å². The number of aromatic amines is 1. The highest BCUT2D eigenvalue weighted by molar-refractivity contribution is 5.86. The highest BCUT2D eigenvalue weighted by Gasteiger charge is 2.14. The van der Waals surface area contributed by atoms with E-state index in [1.165, 1.54) is 6.26 Å². The monoisotopic (exact) mass is 298 g/mol. The summed E-state index contributed by atoms with van der Waals surface area (Å²) < 4.78 is 10.1. The van der Waals surface area contributed by atoms with Crippen molar-refractivity contribution in [1.29, 1.82) is 0 Å². The van der Waals surface area contributed by atoms with Crippen molar-refractivity contribution in [2.45, 2.75) is 13.3 Å². The number of pyridine rings is 1. The number of esters is 1. The molecule has 2 heterocycles. The van der Waals surface area contributed by atoms with E-state index in [2.05, 4.69) is 9.97 Å². The van der Waals surface area contributed by atoms with Gasteiger partial charge >= 0.3 is 5.97 Å². The van der Waals surface area contributed by atoms with Crippen molar-refractivity contribution >= 4 is 16.9 Å². The molecule has 0 atom stereocenters. The Morgan fingerprint density at radius 3 is 3.00 bits per heavy atom. The van der Waals surface area contributed by atoms with E-state index in [4.69, 9.17) is 9.15 Å². The first-order chi connectivity index (χ1) is 10.7. The Kier molecular flexibility index (Phi) is 3.74. The molecule has 0 spiro atoms. The fraction of sp³-hybridized carbons (Fsp3) is 0.188. The number of carbonyl (C=O) groups excluding carboxylic acids is 1. The van der Waals surface area contributed by atoms with Crippen LogP contribution >= 0.6 is 0 Å². The predicted molar refractivity (Wildman–Crippen MR) is 79.8 cm³/mol. The Hall–Kier alpha value is -2.89. The van der Waals surface area contributed by atoms with E-state index >= 15 is 0 Å². The standard InChI is InChI=1S/C16H14N2O4/c1-2-21-16(20)13-9-22-14(17-13)8-11-7-10-5-3-4-6-12(10)18-15(11)19/h3-7,9H,2,8H2,1H3,(H,18,19). The number of para-hydroxylation sites is 1. The molecule has 3 aromatic rings. The van der Waals surface area contributed by atoms with Crippen molar-refractivity contribution in [3.8, 4) is 0 Å². The second-order valence-electron chi connectivity index (χ2n) is 4.73. The molecule has 0 bridgehead atoms. The third-order valence-corrected chi connectivity index (χ3v) is 3.21. The fourth-order valence-corrected chi connectivity index (χ4v) is 2.18. The van der Waals surface area contributed by atoms with E-state index in [0.717, 1.165) is 10.9 Å². The van der Waals surface area contributed by atoms with Crippen LogP contribution in [0.1, 0.15) is 28.9 Å². The van der Waals surface area contributed by atoms with Crippen LogP contribution < -0.4 is 5.56 Å². The lowest BCUT2D eigenvalue weighted by Gasteiger charge is -2.01. The molecule has 1 N–H and O–H groups in total. The SMILES string of the molecule is CCOC(=O)c1coc(Cc2cc3ccccc3[nH]c2=O)n1. The second kappa shape index (κ2) is 5.85. The number of aromatic nitrogens is 2. The smallest absolute Gasteiger partial charge is 0.360 e. The van der Waals surface area contributed by atoms with Crippen LogP contribution in [0.5, 0.6) is 0 Å². The molecule has 22 heavy (non-hydrogen) atoms. The van der Waals surface area contributed by atoms with Gasteiger partial charge in [-0.1, -0.05) is 18.2 Å². The molecule has 6 heteroatoms. The average molecular weight is 298 g/mol. The Bertz CT molecular complexity index is 879. The number of benzene rings is 1. The highest BCUT2D eigenvalue weighted by atomic mass is 16.5. The maximum atomic E-state index is 12.1. The number of oxazole rings is 1. The quantitative estimate of drug-likeness (QED) is 0.747. The average Bonchev–Trinajstić information content (AvgIpc) is 2.97. The lowest BCUT2D eigenvalue weighted by atomic mass is 10.1. The van der Waals surface area contributed by atoms with Crippen LogP contribution in [-0.2, 0) is 11.2 Å². The topological polar surface area (TPSA) is 85.2 Å². The van der Waals surface area contributed by atoms with E-state index in [9.17, 15) is 9.59 Å². The number of fused-ring (bicyclic) bond motifs is 1. The Morgan fingerprint density at radius 2 is 2.18 bits per heavy atom. The van der Waals surface area contributed by atoms with E-state index in [-0.39, 0.29) is 24.3 Å². The minimum absolute atomic E-state index is 0.106. The van der Waals surface area contributed by atoms with Crippen LogP contribution in [0.15, 0.2) is 45.8 Å². The summed E-state index contributed by atoms with van der Waals surface area (Å²) >= 11 is 0. The Balaban J connectivity index is 1.88. The summed E-state index contributed by atoms with van der Waals surface area (Å²) in [5.74, 6) is -0.242. The van der Waals surface area contributed by atoms with Gasteiger partial charge < -0.3 is 14.1 Å². The van der Waals surface area contributed by atoms with Crippen LogP contribution in [0.2, 0.25) is 0 Å². The first-order valence-corrected chi connectivity index (χ1v) is 6.90. The summed E-state index contributed by atoms with van der Waals surface area (Å²) in [4.78, 5) is 30.5. The zero-order chi connectivity index (χ0) is 15.5. The maximum absolute atomic E-state index is 12.1. The lowest BCUT2D eigenvalue weighted by molar-refractivity contribution is 0.0519. The number of hydrogen-bond donors (Lipinski definition) is 1. The number of carbonyl (C=O) groups is 1. The number of nitrogens with one attached hydrogen (secondary N) is 1. The molecule has 2 aromatic heterocycles. The van der Waals surface area contributed by atoms with Crippen molar-refractivity contribution in [2.24, 2.45) is 0 Å². The van der Waals surface area contributed by atoms with Crippen molar-refractivity contribution in [3.05, 3.63) is 64.1 Å². The van der Waals surface area contributed by atoms with Crippen LogP contribution in [0, 0.1) is 0 Å². The van der Waals surface area contributed by atoms with Gasteiger partial charge in [-0.05, 0) is 24.4 Å².